The fourth-order valence-corrected chi connectivity index (χ4v) is 4.51. The molecule has 7 nitrogen and oxygen atoms in total. The summed E-state index contributed by atoms with van der Waals surface area (Å²) < 4.78 is 26.6. The Labute approximate surface area is 175 Å². The molecule has 29 heavy (non-hydrogen) atoms. The van der Waals surface area contributed by atoms with E-state index >= 15 is 0 Å². The highest BCUT2D eigenvalue weighted by Gasteiger charge is 2.22. The number of hydrogen-bond donors (Lipinski definition) is 2. The van der Waals surface area contributed by atoms with Crippen LogP contribution in [0.4, 0.5) is 0 Å². The SMILES string of the molecule is CCN(CC)S(=O)(=O)c1cccc(C(=O)NCC(=O)NC(C)CCCC(C)C)c1. The highest BCUT2D eigenvalue weighted by Crippen LogP contribution is 2.17. The maximum Gasteiger partial charge on any atom is 0.251 e. The molecule has 0 spiro atoms. The van der Waals surface area contributed by atoms with E-state index in [1.54, 1.807) is 13.8 Å². The summed E-state index contributed by atoms with van der Waals surface area (Å²) >= 11 is 0. The lowest BCUT2D eigenvalue weighted by molar-refractivity contribution is -0.120. The van der Waals surface area contributed by atoms with Gasteiger partial charge in [0, 0.05) is 24.7 Å². The largest absolute Gasteiger partial charge is 0.352 e. The molecule has 1 rings (SSSR count). The van der Waals surface area contributed by atoms with Gasteiger partial charge in [-0.05, 0) is 37.5 Å². The van der Waals surface area contributed by atoms with Crippen molar-refractivity contribution in [3.8, 4) is 0 Å². The van der Waals surface area contributed by atoms with Crippen LogP contribution >= 0.6 is 0 Å². The second kappa shape index (κ2) is 11.9. The van der Waals surface area contributed by atoms with E-state index in [0.29, 0.717) is 19.0 Å². The normalized spacial score (nSPS) is 12.8. The molecule has 0 heterocycles. The van der Waals surface area contributed by atoms with E-state index in [1.165, 1.54) is 28.6 Å². The Hall–Kier alpha value is -1.93. The van der Waals surface area contributed by atoms with Crippen molar-refractivity contribution in [1.29, 1.82) is 0 Å². The second-order valence-electron chi connectivity index (χ2n) is 7.59. The van der Waals surface area contributed by atoms with E-state index in [9.17, 15) is 18.0 Å². The highest BCUT2D eigenvalue weighted by atomic mass is 32.2. The van der Waals surface area contributed by atoms with Crippen LogP contribution in [0.5, 0.6) is 0 Å². The van der Waals surface area contributed by atoms with Crippen LogP contribution in [-0.4, -0.2) is 50.2 Å². The number of nitrogens with one attached hydrogen (secondary N) is 2. The molecule has 0 aliphatic carbocycles. The van der Waals surface area contributed by atoms with Crippen molar-refractivity contribution in [2.75, 3.05) is 19.6 Å². The van der Waals surface area contributed by atoms with Crippen molar-refractivity contribution < 1.29 is 18.0 Å². The van der Waals surface area contributed by atoms with Gasteiger partial charge in [0.1, 0.15) is 0 Å². The van der Waals surface area contributed by atoms with Crippen molar-refractivity contribution in [2.45, 2.75) is 64.8 Å². The van der Waals surface area contributed by atoms with Crippen molar-refractivity contribution >= 4 is 21.8 Å². The van der Waals surface area contributed by atoms with Crippen LogP contribution < -0.4 is 10.6 Å². The van der Waals surface area contributed by atoms with E-state index in [1.807, 2.05) is 6.92 Å². The van der Waals surface area contributed by atoms with E-state index in [4.69, 9.17) is 0 Å². The fourth-order valence-electron chi connectivity index (χ4n) is 3.00. The maximum absolute atomic E-state index is 12.6. The van der Waals surface area contributed by atoms with Crippen LogP contribution in [0.1, 0.15) is 64.2 Å². The van der Waals surface area contributed by atoms with Gasteiger partial charge in [0.2, 0.25) is 15.9 Å². The molecule has 1 aromatic carbocycles. The van der Waals surface area contributed by atoms with E-state index < -0.39 is 15.9 Å². The summed E-state index contributed by atoms with van der Waals surface area (Å²) in [7, 11) is -3.65. The monoisotopic (exact) mass is 425 g/mol. The van der Waals surface area contributed by atoms with E-state index in [0.717, 1.165) is 19.3 Å². The van der Waals surface area contributed by atoms with Gasteiger partial charge in [-0.3, -0.25) is 9.59 Å². The molecule has 0 saturated carbocycles. The van der Waals surface area contributed by atoms with Gasteiger partial charge in [0.15, 0.2) is 0 Å². The Morgan fingerprint density at radius 2 is 1.72 bits per heavy atom. The fraction of sp³-hybridized carbons (Fsp3) is 0.619. The van der Waals surface area contributed by atoms with Gasteiger partial charge < -0.3 is 10.6 Å². The Morgan fingerprint density at radius 3 is 2.31 bits per heavy atom. The minimum Gasteiger partial charge on any atom is -0.352 e. The summed E-state index contributed by atoms with van der Waals surface area (Å²) in [6, 6.07) is 5.91. The number of hydrogen-bond acceptors (Lipinski definition) is 4. The minimum atomic E-state index is -3.65. The van der Waals surface area contributed by atoms with Crippen LogP contribution in [0, 0.1) is 5.92 Å². The standard InChI is InChI=1S/C21H35N3O4S/c1-6-24(7-2)29(27,28)19-13-9-12-18(14-19)21(26)22-15-20(25)23-17(5)11-8-10-16(3)4/h9,12-14,16-17H,6-8,10-11,15H2,1-5H3,(H,22,26)(H,23,25). The average Bonchev–Trinajstić information content (AvgIpc) is 2.66. The first kappa shape index (κ1) is 25.1. The number of sulfonamides is 1. The predicted octanol–water partition coefficient (Wildman–Crippen LogP) is 2.78. The summed E-state index contributed by atoms with van der Waals surface area (Å²) in [5.74, 6) is -0.106. The number of carbonyl (C=O) groups excluding carboxylic acids is 2. The molecule has 2 N–H and O–H groups in total. The lowest BCUT2D eigenvalue weighted by Gasteiger charge is -2.18. The smallest absolute Gasteiger partial charge is 0.251 e. The number of benzene rings is 1. The molecular weight excluding hydrogens is 390 g/mol. The molecule has 0 fully saturated rings. The van der Waals surface area contributed by atoms with Crippen LogP contribution in [-0.2, 0) is 14.8 Å². The molecule has 0 bridgehead atoms. The van der Waals surface area contributed by atoms with Crippen molar-refractivity contribution in [2.24, 2.45) is 5.92 Å². The molecule has 0 aromatic heterocycles. The van der Waals surface area contributed by atoms with Crippen molar-refractivity contribution in [3.63, 3.8) is 0 Å². The van der Waals surface area contributed by atoms with Crippen molar-refractivity contribution in [3.05, 3.63) is 29.8 Å². The average molecular weight is 426 g/mol. The van der Waals surface area contributed by atoms with Gasteiger partial charge in [-0.15, -0.1) is 0 Å². The third-order valence-electron chi connectivity index (χ3n) is 4.67. The number of nitrogens with zero attached hydrogens (tertiary/aromatic N) is 1. The number of rotatable bonds is 12. The number of carbonyl (C=O) groups is 2. The Morgan fingerprint density at radius 1 is 1.07 bits per heavy atom. The van der Waals surface area contributed by atoms with Crippen molar-refractivity contribution in [1.82, 2.24) is 14.9 Å². The zero-order valence-corrected chi connectivity index (χ0v) is 19.0. The van der Waals surface area contributed by atoms with Crippen LogP contribution in [0.3, 0.4) is 0 Å². The van der Waals surface area contributed by atoms with Gasteiger partial charge >= 0.3 is 0 Å². The minimum absolute atomic E-state index is 0.0423. The zero-order chi connectivity index (χ0) is 22.0. The van der Waals surface area contributed by atoms with Crippen LogP contribution in [0.25, 0.3) is 0 Å². The zero-order valence-electron chi connectivity index (χ0n) is 18.2. The van der Waals surface area contributed by atoms with Gasteiger partial charge in [0.25, 0.3) is 5.91 Å². The molecule has 0 radical (unpaired) electrons. The Kier molecular flexibility index (Phi) is 10.3. The molecule has 0 aliphatic rings. The van der Waals surface area contributed by atoms with Gasteiger partial charge in [0.05, 0.1) is 11.4 Å². The summed E-state index contributed by atoms with van der Waals surface area (Å²) in [6.07, 6.45) is 3.05. The maximum atomic E-state index is 12.6. The number of amides is 2. The lowest BCUT2D eigenvalue weighted by atomic mass is 10.0. The second-order valence-corrected chi connectivity index (χ2v) is 9.53. The molecule has 8 heteroatoms. The van der Waals surface area contributed by atoms with Gasteiger partial charge in [-0.1, -0.05) is 46.6 Å². The van der Waals surface area contributed by atoms with Gasteiger partial charge in [-0.25, -0.2) is 8.42 Å². The lowest BCUT2D eigenvalue weighted by Crippen LogP contribution is -2.41. The Balaban J connectivity index is 2.64. The predicted molar refractivity (Wildman–Crippen MR) is 115 cm³/mol. The van der Waals surface area contributed by atoms with E-state index in [2.05, 4.69) is 24.5 Å². The first-order valence-corrected chi connectivity index (χ1v) is 11.7. The Bertz CT molecular complexity index is 774. The molecule has 1 unspecified atom stereocenters. The highest BCUT2D eigenvalue weighted by molar-refractivity contribution is 7.89. The summed E-state index contributed by atoms with van der Waals surface area (Å²) in [5.41, 5.74) is 0.205. The molecule has 0 aliphatic heterocycles. The van der Waals surface area contributed by atoms with E-state index in [-0.39, 0.29) is 29.0 Å². The summed E-state index contributed by atoms with van der Waals surface area (Å²) in [5, 5.41) is 5.42. The quantitative estimate of drug-likeness (QED) is 0.538. The molecule has 1 atom stereocenters. The van der Waals surface area contributed by atoms with Gasteiger partial charge in [-0.2, -0.15) is 4.31 Å². The first-order valence-electron chi connectivity index (χ1n) is 10.3. The summed E-state index contributed by atoms with van der Waals surface area (Å²) in [4.78, 5) is 24.5. The third kappa shape index (κ3) is 8.14. The molecule has 0 saturated heterocycles. The first-order chi connectivity index (χ1) is 13.6. The summed E-state index contributed by atoms with van der Waals surface area (Å²) in [6.45, 7) is 10.4. The molecule has 2 amide bonds. The molecule has 1 aromatic rings. The topological polar surface area (TPSA) is 95.6 Å². The third-order valence-corrected chi connectivity index (χ3v) is 6.72. The van der Waals surface area contributed by atoms with Crippen LogP contribution in [0.2, 0.25) is 0 Å². The molecule has 164 valence electrons. The molecular formula is C21H35N3O4S. The van der Waals surface area contributed by atoms with Crippen LogP contribution in [0.15, 0.2) is 29.2 Å².